The second-order valence-electron chi connectivity index (χ2n) is 5.12. The van der Waals surface area contributed by atoms with E-state index in [0.29, 0.717) is 11.4 Å². The summed E-state index contributed by atoms with van der Waals surface area (Å²) in [5, 5.41) is 12.4. The molecule has 0 aromatic carbocycles. The Bertz CT molecular complexity index is 438. The minimum atomic E-state index is -0.894. The number of nitrogens with zero attached hydrogens (tertiary/aromatic N) is 1. The molecule has 0 unspecified atom stereocenters. The van der Waals surface area contributed by atoms with Crippen molar-refractivity contribution in [3.05, 3.63) is 23.4 Å². The van der Waals surface area contributed by atoms with Gasteiger partial charge in [-0.2, -0.15) is 11.8 Å². The number of hydrogen-bond donors (Lipinski definition) is 2. The average Bonchev–Trinajstić information content (AvgIpc) is 2.46. The molecule has 0 aliphatic carbocycles. The first-order valence-electron chi connectivity index (χ1n) is 7.64. The first kappa shape index (κ1) is 17.8. The maximum Gasteiger partial charge on any atom is 0.335 e. The normalized spacial score (nSPS) is 10.6. The van der Waals surface area contributed by atoms with E-state index >= 15 is 0 Å². The number of rotatable bonds is 11. The van der Waals surface area contributed by atoms with E-state index in [9.17, 15) is 4.79 Å². The summed E-state index contributed by atoms with van der Waals surface area (Å²) >= 11 is 1.89. The Morgan fingerprint density at radius 2 is 2.05 bits per heavy atom. The summed E-state index contributed by atoms with van der Waals surface area (Å²) in [5.41, 5.74) is 1.16. The van der Waals surface area contributed by atoms with Gasteiger partial charge < -0.3 is 10.4 Å². The van der Waals surface area contributed by atoms with Crippen LogP contribution in [0, 0.1) is 0 Å². The molecular weight excluding hydrogens is 284 g/mol. The molecule has 0 radical (unpaired) electrons. The molecule has 5 heteroatoms. The van der Waals surface area contributed by atoms with E-state index in [4.69, 9.17) is 5.11 Å². The predicted octanol–water partition coefficient (Wildman–Crippen LogP) is 4.07. The van der Waals surface area contributed by atoms with Crippen LogP contribution in [-0.4, -0.2) is 34.6 Å². The van der Waals surface area contributed by atoms with Gasteiger partial charge in [0, 0.05) is 12.2 Å². The molecule has 0 bridgehead atoms. The molecule has 1 aromatic heterocycles. The molecular formula is C16H26N2O2S. The lowest BCUT2D eigenvalue weighted by atomic mass is 10.1. The van der Waals surface area contributed by atoms with Gasteiger partial charge in [-0.1, -0.05) is 26.2 Å². The monoisotopic (exact) mass is 310 g/mol. The van der Waals surface area contributed by atoms with Crippen molar-refractivity contribution in [1.82, 2.24) is 4.98 Å². The Morgan fingerprint density at radius 3 is 2.71 bits per heavy atom. The zero-order valence-corrected chi connectivity index (χ0v) is 13.8. The number of unbranched alkanes of at least 4 members (excludes halogenated alkanes) is 3. The van der Waals surface area contributed by atoms with Crippen molar-refractivity contribution < 1.29 is 9.90 Å². The molecule has 118 valence electrons. The minimum Gasteiger partial charge on any atom is -0.478 e. The molecule has 1 aromatic rings. The molecule has 4 nitrogen and oxygen atoms in total. The molecule has 0 fully saturated rings. The number of anilines is 1. The van der Waals surface area contributed by atoms with Gasteiger partial charge in [-0.05, 0) is 43.4 Å². The fraction of sp³-hybridized carbons (Fsp3) is 0.625. The summed E-state index contributed by atoms with van der Waals surface area (Å²) in [5.74, 6) is 1.02. The third-order valence-electron chi connectivity index (χ3n) is 3.21. The topological polar surface area (TPSA) is 62.2 Å². The fourth-order valence-corrected chi connectivity index (χ4v) is 2.62. The standard InChI is InChI=1S/C16H26N2O2S/c1-3-8-14-11-13(16(19)20)12-15(18-14)17-9-6-4-5-7-10-21-2/h11-12H,3-10H2,1-2H3,(H,17,18)(H,19,20). The Balaban J connectivity index is 2.44. The lowest BCUT2D eigenvalue weighted by molar-refractivity contribution is 0.0696. The van der Waals surface area contributed by atoms with Crippen molar-refractivity contribution in [3.8, 4) is 0 Å². The van der Waals surface area contributed by atoms with E-state index in [1.807, 2.05) is 11.8 Å². The van der Waals surface area contributed by atoms with Gasteiger partial charge in [-0.25, -0.2) is 9.78 Å². The Morgan fingerprint density at radius 1 is 1.29 bits per heavy atom. The Kier molecular flexibility index (Phi) is 8.90. The van der Waals surface area contributed by atoms with Crippen molar-refractivity contribution in [2.75, 3.05) is 23.9 Å². The molecule has 1 heterocycles. The second kappa shape index (κ2) is 10.5. The van der Waals surface area contributed by atoms with E-state index < -0.39 is 5.97 Å². The van der Waals surface area contributed by atoms with Gasteiger partial charge in [0.05, 0.1) is 5.56 Å². The highest BCUT2D eigenvalue weighted by atomic mass is 32.2. The first-order chi connectivity index (χ1) is 10.2. The predicted molar refractivity (Wildman–Crippen MR) is 90.5 cm³/mol. The average molecular weight is 310 g/mol. The third kappa shape index (κ3) is 7.37. The lowest BCUT2D eigenvalue weighted by Crippen LogP contribution is -2.07. The summed E-state index contributed by atoms with van der Waals surface area (Å²) in [6.07, 6.45) is 8.73. The van der Waals surface area contributed by atoms with Crippen molar-refractivity contribution in [2.24, 2.45) is 0 Å². The van der Waals surface area contributed by atoms with E-state index in [1.165, 1.54) is 25.0 Å². The van der Waals surface area contributed by atoms with Gasteiger partial charge in [0.1, 0.15) is 5.82 Å². The van der Waals surface area contributed by atoms with Crippen LogP contribution < -0.4 is 5.32 Å². The number of hydrogen-bond acceptors (Lipinski definition) is 4. The van der Waals surface area contributed by atoms with E-state index in [2.05, 4.69) is 23.5 Å². The maximum atomic E-state index is 11.1. The summed E-state index contributed by atoms with van der Waals surface area (Å²) in [6.45, 7) is 2.91. The highest BCUT2D eigenvalue weighted by Crippen LogP contribution is 2.13. The fourth-order valence-electron chi connectivity index (χ4n) is 2.13. The van der Waals surface area contributed by atoms with Gasteiger partial charge >= 0.3 is 5.97 Å². The summed E-state index contributed by atoms with van der Waals surface area (Å²) in [7, 11) is 0. The molecule has 0 saturated carbocycles. The highest BCUT2D eigenvalue weighted by Gasteiger charge is 2.08. The van der Waals surface area contributed by atoms with Crippen molar-refractivity contribution >= 4 is 23.5 Å². The first-order valence-corrected chi connectivity index (χ1v) is 9.03. The molecule has 0 saturated heterocycles. The van der Waals surface area contributed by atoms with Crippen LogP contribution in [0.5, 0.6) is 0 Å². The molecule has 2 N–H and O–H groups in total. The van der Waals surface area contributed by atoms with Crippen LogP contribution in [-0.2, 0) is 6.42 Å². The number of nitrogens with one attached hydrogen (secondary N) is 1. The number of aromatic nitrogens is 1. The smallest absolute Gasteiger partial charge is 0.335 e. The molecule has 1 rings (SSSR count). The van der Waals surface area contributed by atoms with Crippen molar-refractivity contribution in [1.29, 1.82) is 0 Å². The van der Waals surface area contributed by atoms with E-state index in [0.717, 1.165) is 31.5 Å². The summed E-state index contributed by atoms with van der Waals surface area (Å²) < 4.78 is 0. The van der Waals surface area contributed by atoms with Gasteiger partial charge in [-0.3, -0.25) is 0 Å². The van der Waals surface area contributed by atoms with Crippen molar-refractivity contribution in [3.63, 3.8) is 0 Å². The van der Waals surface area contributed by atoms with E-state index in [-0.39, 0.29) is 0 Å². The van der Waals surface area contributed by atoms with Crippen LogP contribution >= 0.6 is 11.8 Å². The van der Waals surface area contributed by atoms with Crippen LogP contribution in [0.3, 0.4) is 0 Å². The number of aryl methyl sites for hydroxylation is 1. The second-order valence-corrected chi connectivity index (χ2v) is 6.11. The molecule has 0 amide bonds. The third-order valence-corrected chi connectivity index (χ3v) is 3.91. The maximum absolute atomic E-state index is 11.1. The number of carbonyl (C=O) groups is 1. The molecule has 0 aliphatic rings. The van der Waals surface area contributed by atoms with E-state index in [1.54, 1.807) is 12.1 Å². The summed E-state index contributed by atoms with van der Waals surface area (Å²) in [4.78, 5) is 15.6. The molecule has 0 aliphatic heterocycles. The number of thioether (sulfide) groups is 1. The van der Waals surface area contributed by atoms with Crippen LogP contribution in [0.25, 0.3) is 0 Å². The van der Waals surface area contributed by atoms with Crippen LogP contribution in [0.1, 0.15) is 55.1 Å². The lowest BCUT2D eigenvalue weighted by Gasteiger charge is -2.09. The number of carboxylic acids is 1. The minimum absolute atomic E-state index is 0.316. The van der Waals surface area contributed by atoms with Crippen LogP contribution in [0.2, 0.25) is 0 Å². The van der Waals surface area contributed by atoms with Gasteiger partial charge in [0.25, 0.3) is 0 Å². The number of pyridine rings is 1. The summed E-state index contributed by atoms with van der Waals surface area (Å²) in [6, 6.07) is 3.29. The molecule has 0 atom stereocenters. The largest absolute Gasteiger partial charge is 0.478 e. The van der Waals surface area contributed by atoms with Gasteiger partial charge in [0.2, 0.25) is 0 Å². The van der Waals surface area contributed by atoms with Gasteiger partial charge in [0.15, 0.2) is 0 Å². The molecule has 21 heavy (non-hydrogen) atoms. The Labute approximate surface area is 131 Å². The highest BCUT2D eigenvalue weighted by molar-refractivity contribution is 7.98. The van der Waals surface area contributed by atoms with Crippen LogP contribution in [0.4, 0.5) is 5.82 Å². The number of aromatic carboxylic acids is 1. The zero-order valence-electron chi connectivity index (χ0n) is 13.0. The van der Waals surface area contributed by atoms with Gasteiger partial charge in [-0.15, -0.1) is 0 Å². The number of carboxylic acid groups (broad SMARTS) is 1. The molecule has 0 spiro atoms. The van der Waals surface area contributed by atoms with Crippen molar-refractivity contribution in [2.45, 2.75) is 45.4 Å². The Hall–Kier alpha value is -1.23. The zero-order chi connectivity index (χ0) is 15.5. The van der Waals surface area contributed by atoms with Crippen LogP contribution in [0.15, 0.2) is 12.1 Å². The quantitative estimate of drug-likeness (QED) is 0.603. The SMILES string of the molecule is CCCc1cc(C(=O)O)cc(NCCCCCCSC)n1.